The lowest BCUT2D eigenvalue weighted by Gasteiger charge is -2.25. The molecule has 2 nitrogen and oxygen atoms in total. The molecule has 1 aliphatic rings. The van der Waals surface area contributed by atoms with Gasteiger partial charge in [-0.3, -0.25) is 0 Å². The van der Waals surface area contributed by atoms with Crippen LogP contribution in [0.5, 0.6) is 0 Å². The van der Waals surface area contributed by atoms with E-state index < -0.39 is 0 Å². The fourth-order valence-electron chi connectivity index (χ4n) is 1.66. The Labute approximate surface area is 99.6 Å². The highest BCUT2D eigenvalue weighted by atomic mass is 35.5. The van der Waals surface area contributed by atoms with Crippen LogP contribution in [0.4, 0.5) is 4.39 Å². The standard InChI is InChI=1S/C10H12ClFN2.ClH/c11-8-3-1-2-7(10(8)12)9-6-13-4-5-14-9;/h1-3,9,13-14H,4-6H2;1H/t9-;/m1./s1. The molecule has 1 aromatic carbocycles. The van der Waals surface area contributed by atoms with Crippen molar-refractivity contribution < 1.29 is 4.39 Å². The van der Waals surface area contributed by atoms with Gasteiger partial charge in [0.15, 0.2) is 0 Å². The molecule has 1 atom stereocenters. The molecule has 1 aromatic rings. The minimum absolute atomic E-state index is 0. The summed E-state index contributed by atoms with van der Waals surface area (Å²) in [5, 5.41) is 6.64. The summed E-state index contributed by atoms with van der Waals surface area (Å²) in [5.41, 5.74) is 0.643. The number of hydrogen-bond acceptors (Lipinski definition) is 2. The number of piperazine rings is 1. The molecule has 84 valence electrons. The van der Waals surface area contributed by atoms with Gasteiger partial charge in [-0.15, -0.1) is 12.4 Å². The summed E-state index contributed by atoms with van der Waals surface area (Å²) >= 11 is 5.71. The van der Waals surface area contributed by atoms with Gasteiger partial charge in [-0.2, -0.15) is 0 Å². The van der Waals surface area contributed by atoms with E-state index >= 15 is 0 Å². The van der Waals surface area contributed by atoms with Crippen LogP contribution in [0.25, 0.3) is 0 Å². The number of nitrogens with one attached hydrogen (secondary N) is 2. The summed E-state index contributed by atoms with van der Waals surface area (Å²) in [6, 6.07) is 5.14. The molecular formula is C10H13Cl2FN2. The summed E-state index contributed by atoms with van der Waals surface area (Å²) in [4.78, 5) is 0. The van der Waals surface area contributed by atoms with Crippen LogP contribution in [0.3, 0.4) is 0 Å². The van der Waals surface area contributed by atoms with Gasteiger partial charge in [0.1, 0.15) is 5.82 Å². The lowest BCUT2D eigenvalue weighted by molar-refractivity contribution is 0.417. The molecule has 0 aromatic heterocycles. The van der Waals surface area contributed by atoms with Gasteiger partial charge in [0.05, 0.1) is 5.02 Å². The molecule has 0 saturated carbocycles. The van der Waals surface area contributed by atoms with Crippen molar-refractivity contribution in [1.29, 1.82) is 0 Å². The SMILES string of the molecule is Cl.Fc1c(Cl)cccc1[C@H]1CNCCN1. The molecule has 5 heteroatoms. The Morgan fingerprint density at radius 3 is 2.80 bits per heavy atom. The Hall–Kier alpha value is -0.350. The molecule has 0 unspecified atom stereocenters. The van der Waals surface area contributed by atoms with Crippen molar-refractivity contribution >= 4 is 24.0 Å². The molecule has 0 spiro atoms. The van der Waals surface area contributed by atoms with Crippen LogP contribution in [0.2, 0.25) is 5.02 Å². The first-order valence-corrected chi connectivity index (χ1v) is 5.05. The fourth-order valence-corrected chi connectivity index (χ4v) is 1.84. The monoisotopic (exact) mass is 250 g/mol. The zero-order valence-electron chi connectivity index (χ0n) is 8.09. The van der Waals surface area contributed by atoms with Gasteiger partial charge in [0.2, 0.25) is 0 Å². The van der Waals surface area contributed by atoms with Crippen molar-refractivity contribution in [2.75, 3.05) is 19.6 Å². The van der Waals surface area contributed by atoms with Gasteiger partial charge in [0.25, 0.3) is 0 Å². The van der Waals surface area contributed by atoms with Crippen molar-refractivity contribution in [1.82, 2.24) is 10.6 Å². The van der Waals surface area contributed by atoms with E-state index in [0.717, 1.165) is 19.6 Å². The van der Waals surface area contributed by atoms with Gasteiger partial charge in [-0.05, 0) is 6.07 Å². The maximum absolute atomic E-state index is 13.6. The number of rotatable bonds is 1. The molecule has 0 amide bonds. The molecule has 2 N–H and O–H groups in total. The second-order valence-corrected chi connectivity index (χ2v) is 3.76. The van der Waals surface area contributed by atoms with Crippen LogP contribution in [-0.2, 0) is 0 Å². The third kappa shape index (κ3) is 2.82. The predicted molar refractivity (Wildman–Crippen MR) is 62.3 cm³/mol. The van der Waals surface area contributed by atoms with Crippen LogP contribution < -0.4 is 10.6 Å². The van der Waals surface area contributed by atoms with E-state index in [-0.39, 0.29) is 29.3 Å². The first kappa shape index (κ1) is 12.7. The largest absolute Gasteiger partial charge is 0.314 e. The maximum atomic E-state index is 13.6. The van der Waals surface area contributed by atoms with E-state index in [9.17, 15) is 4.39 Å². The molecular weight excluding hydrogens is 238 g/mol. The minimum atomic E-state index is -0.310. The van der Waals surface area contributed by atoms with Gasteiger partial charge >= 0.3 is 0 Å². The molecule has 15 heavy (non-hydrogen) atoms. The number of hydrogen-bond donors (Lipinski definition) is 2. The molecule has 0 radical (unpaired) electrons. The van der Waals surface area contributed by atoms with E-state index in [1.807, 2.05) is 0 Å². The van der Waals surface area contributed by atoms with Gasteiger partial charge in [-0.25, -0.2) is 4.39 Å². The van der Waals surface area contributed by atoms with Gasteiger partial charge < -0.3 is 10.6 Å². The molecule has 0 aliphatic carbocycles. The average molecular weight is 251 g/mol. The number of halogens is 3. The molecule has 1 heterocycles. The van der Waals surface area contributed by atoms with E-state index in [4.69, 9.17) is 11.6 Å². The highest BCUT2D eigenvalue weighted by molar-refractivity contribution is 6.30. The van der Waals surface area contributed by atoms with Gasteiger partial charge in [-0.1, -0.05) is 23.7 Å². The Morgan fingerprint density at radius 2 is 2.13 bits per heavy atom. The van der Waals surface area contributed by atoms with Crippen molar-refractivity contribution in [3.8, 4) is 0 Å². The smallest absolute Gasteiger partial charge is 0.146 e. The van der Waals surface area contributed by atoms with E-state index in [2.05, 4.69) is 10.6 Å². The average Bonchev–Trinajstić information content (AvgIpc) is 2.23. The Morgan fingerprint density at radius 1 is 1.33 bits per heavy atom. The van der Waals surface area contributed by atoms with Crippen molar-refractivity contribution in [2.45, 2.75) is 6.04 Å². The van der Waals surface area contributed by atoms with Crippen molar-refractivity contribution in [3.63, 3.8) is 0 Å². The first-order valence-electron chi connectivity index (χ1n) is 4.67. The van der Waals surface area contributed by atoms with Crippen molar-refractivity contribution in [3.05, 3.63) is 34.6 Å². The normalized spacial score (nSPS) is 20.8. The van der Waals surface area contributed by atoms with Crippen LogP contribution in [-0.4, -0.2) is 19.6 Å². The first-order chi connectivity index (χ1) is 6.79. The second kappa shape index (κ2) is 5.66. The van der Waals surface area contributed by atoms with Crippen LogP contribution >= 0.6 is 24.0 Å². The Kier molecular flexibility index (Phi) is 4.80. The van der Waals surface area contributed by atoms with Crippen molar-refractivity contribution in [2.24, 2.45) is 0 Å². The predicted octanol–water partition coefficient (Wildman–Crippen LogP) is 2.13. The zero-order chi connectivity index (χ0) is 9.97. The summed E-state index contributed by atoms with van der Waals surface area (Å²) < 4.78 is 13.6. The highest BCUT2D eigenvalue weighted by Crippen LogP contribution is 2.23. The topological polar surface area (TPSA) is 24.1 Å². The lowest BCUT2D eigenvalue weighted by atomic mass is 10.1. The van der Waals surface area contributed by atoms with E-state index in [1.165, 1.54) is 0 Å². The van der Waals surface area contributed by atoms with E-state index in [0.29, 0.717) is 5.56 Å². The summed E-state index contributed by atoms with van der Waals surface area (Å²) in [7, 11) is 0. The summed E-state index contributed by atoms with van der Waals surface area (Å²) in [6.45, 7) is 2.53. The quantitative estimate of drug-likeness (QED) is 0.799. The Bertz CT molecular complexity index is 327. The van der Waals surface area contributed by atoms with Crippen LogP contribution in [0, 0.1) is 5.82 Å². The summed E-state index contributed by atoms with van der Waals surface area (Å²) in [5.74, 6) is -0.310. The summed E-state index contributed by atoms with van der Waals surface area (Å²) in [6.07, 6.45) is 0. The van der Waals surface area contributed by atoms with Crippen LogP contribution in [0.1, 0.15) is 11.6 Å². The fraction of sp³-hybridized carbons (Fsp3) is 0.400. The second-order valence-electron chi connectivity index (χ2n) is 3.35. The third-order valence-corrected chi connectivity index (χ3v) is 2.69. The maximum Gasteiger partial charge on any atom is 0.146 e. The molecule has 1 aliphatic heterocycles. The molecule has 1 saturated heterocycles. The number of benzene rings is 1. The molecule has 0 bridgehead atoms. The third-order valence-electron chi connectivity index (χ3n) is 2.40. The van der Waals surface area contributed by atoms with Gasteiger partial charge in [0, 0.05) is 31.2 Å². The minimum Gasteiger partial charge on any atom is -0.314 e. The lowest BCUT2D eigenvalue weighted by Crippen LogP contribution is -2.42. The Balaban J connectivity index is 0.00000112. The van der Waals surface area contributed by atoms with E-state index in [1.54, 1.807) is 18.2 Å². The van der Waals surface area contributed by atoms with Crippen LogP contribution in [0.15, 0.2) is 18.2 Å². The molecule has 1 fully saturated rings. The molecule has 2 rings (SSSR count). The highest BCUT2D eigenvalue weighted by Gasteiger charge is 2.18. The zero-order valence-corrected chi connectivity index (χ0v) is 9.67.